The highest BCUT2D eigenvalue weighted by molar-refractivity contribution is 5.95. The minimum atomic E-state index is 0.0874. The van der Waals surface area contributed by atoms with Gasteiger partial charge in [-0.05, 0) is 23.3 Å². The van der Waals surface area contributed by atoms with Crippen molar-refractivity contribution >= 4 is 5.91 Å². The average Bonchev–Trinajstić information content (AvgIpc) is 2.74. The zero-order valence-corrected chi connectivity index (χ0v) is 9.65. The molecule has 0 atom stereocenters. The Bertz CT molecular complexity index is 453. The highest BCUT2D eigenvalue weighted by atomic mass is 16.3. The van der Waals surface area contributed by atoms with Crippen LogP contribution in [-0.4, -0.2) is 35.6 Å². The molecule has 17 heavy (non-hydrogen) atoms. The Morgan fingerprint density at radius 3 is 2.88 bits per heavy atom. The van der Waals surface area contributed by atoms with Gasteiger partial charge in [0, 0.05) is 44.3 Å². The molecule has 0 aromatic heterocycles. The number of hydrogen-bond donors (Lipinski definition) is 2. The summed E-state index contributed by atoms with van der Waals surface area (Å²) in [6, 6.07) is 5.93. The van der Waals surface area contributed by atoms with Crippen LogP contribution in [0.2, 0.25) is 0 Å². The first kappa shape index (κ1) is 10.7. The van der Waals surface area contributed by atoms with E-state index >= 15 is 0 Å². The monoisotopic (exact) mass is 232 g/mol. The third kappa shape index (κ3) is 1.83. The summed E-state index contributed by atoms with van der Waals surface area (Å²) in [6.45, 7) is 3.31. The van der Waals surface area contributed by atoms with E-state index in [0.29, 0.717) is 13.1 Å². The summed E-state index contributed by atoms with van der Waals surface area (Å²) in [5.41, 5.74) is 3.29. The van der Waals surface area contributed by atoms with Crippen LogP contribution in [0.4, 0.5) is 0 Å². The molecule has 1 saturated heterocycles. The van der Waals surface area contributed by atoms with Crippen LogP contribution in [0, 0.1) is 5.92 Å². The van der Waals surface area contributed by atoms with Gasteiger partial charge < -0.3 is 15.3 Å². The molecule has 1 amide bonds. The van der Waals surface area contributed by atoms with Crippen molar-refractivity contribution in [1.82, 2.24) is 10.2 Å². The zero-order valence-electron chi connectivity index (χ0n) is 9.65. The molecule has 2 aliphatic heterocycles. The molecule has 4 heteroatoms. The SMILES string of the molecule is O=C(c1ccc2c(c1)CNC2)N1CC(CO)C1. The number of nitrogens with zero attached hydrogens (tertiary/aromatic N) is 1. The summed E-state index contributed by atoms with van der Waals surface area (Å²) in [5.74, 6) is 0.361. The fourth-order valence-corrected chi connectivity index (χ4v) is 2.46. The Labute approximate surface area is 100 Å². The van der Waals surface area contributed by atoms with Gasteiger partial charge in [0.15, 0.2) is 0 Å². The Kier molecular flexibility index (Phi) is 2.61. The van der Waals surface area contributed by atoms with Crippen LogP contribution in [0.5, 0.6) is 0 Å². The van der Waals surface area contributed by atoms with E-state index in [9.17, 15) is 4.79 Å². The quantitative estimate of drug-likeness (QED) is 0.774. The van der Waals surface area contributed by atoms with E-state index in [1.165, 1.54) is 11.1 Å². The van der Waals surface area contributed by atoms with Gasteiger partial charge >= 0.3 is 0 Å². The molecule has 0 unspecified atom stereocenters. The molecule has 1 fully saturated rings. The van der Waals surface area contributed by atoms with E-state index in [1.807, 2.05) is 18.2 Å². The molecule has 0 bridgehead atoms. The lowest BCUT2D eigenvalue weighted by Gasteiger charge is -2.38. The Hall–Kier alpha value is -1.39. The summed E-state index contributed by atoms with van der Waals surface area (Å²) in [4.78, 5) is 13.9. The standard InChI is InChI=1S/C13H16N2O2/c16-8-9-6-15(7-9)13(17)10-1-2-11-4-14-5-12(11)3-10/h1-3,9,14,16H,4-8H2. The summed E-state index contributed by atoms with van der Waals surface area (Å²) < 4.78 is 0. The van der Waals surface area contributed by atoms with Gasteiger partial charge in [0.05, 0.1) is 0 Å². The molecule has 0 radical (unpaired) electrons. The van der Waals surface area contributed by atoms with E-state index in [4.69, 9.17) is 5.11 Å². The van der Waals surface area contributed by atoms with Gasteiger partial charge in [0.25, 0.3) is 5.91 Å². The van der Waals surface area contributed by atoms with Crippen molar-refractivity contribution in [3.63, 3.8) is 0 Å². The van der Waals surface area contributed by atoms with Gasteiger partial charge in [-0.15, -0.1) is 0 Å². The second-order valence-corrected chi connectivity index (χ2v) is 4.85. The topological polar surface area (TPSA) is 52.6 Å². The highest BCUT2D eigenvalue weighted by Gasteiger charge is 2.30. The number of carbonyl (C=O) groups is 1. The van der Waals surface area contributed by atoms with Gasteiger partial charge in [0.2, 0.25) is 0 Å². The predicted octanol–water partition coefficient (Wildman–Crippen LogP) is 0.354. The molecule has 2 heterocycles. The maximum absolute atomic E-state index is 12.1. The average molecular weight is 232 g/mol. The normalized spacial score (nSPS) is 19.0. The van der Waals surface area contributed by atoms with Gasteiger partial charge in [-0.2, -0.15) is 0 Å². The molecule has 0 spiro atoms. The number of rotatable bonds is 2. The van der Waals surface area contributed by atoms with Crippen LogP contribution < -0.4 is 5.32 Å². The van der Waals surface area contributed by atoms with Gasteiger partial charge in [0.1, 0.15) is 0 Å². The fourth-order valence-electron chi connectivity index (χ4n) is 2.46. The number of aliphatic hydroxyl groups is 1. The van der Waals surface area contributed by atoms with Crippen LogP contribution in [0.1, 0.15) is 21.5 Å². The molecule has 4 nitrogen and oxygen atoms in total. The molecule has 1 aromatic carbocycles. The van der Waals surface area contributed by atoms with Crippen LogP contribution in [0.25, 0.3) is 0 Å². The van der Waals surface area contributed by atoms with Crippen molar-refractivity contribution in [2.75, 3.05) is 19.7 Å². The lowest BCUT2D eigenvalue weighted by Crippen LogP contribution is -2.51. The van der Waals surface area contributed by atoms with E-state index in [1.54, 1.807) is 4.90 Å². The molecule has 90 valence electrons. The summed E-state index contributed by atoms with van der Waals surface area (Å²) in [6.07, 6.45) is 0. The number of likely N-dealkylation sites (tertiary alicyclic amines) is 1. The maximum Gasteiger partial charge on any atom is 0.253 e. The number of hydrogen-bond acceptors (Lipinski definition) is 3. The van der Waals surface area contributed by atoms with Gasteiger partial charge in [-0.3, -0.25) is 4.79 Å². The molecular formula is C13H16N2O2. The summed E-state index contributed by atoms with van der Waals surface area (Å²) in [5, 5.41) is 12.2. The Morgan fingerprint density at radius 1 is 1.35 bits per heavy atom. The first-order valence-corrected chi connectivity index (χ1v) is 6.00. The Morgan fingerprint density at radius 2 is 2.12 bits per heavy atom. The second-order valence-electron chi connectivity index (χ2n) is 4.85. The number of aliphatic hydroxyl groups excluding tert-OH is 1. The zero-order chi connectivity index (χ0) is 11.8. The minimum absolute atomic E-state index is 0.0874. The van der Waals surface area contributed by atoms with Crippen LogP contribution in [-0.2, 0) is 13.1 Å². The molecule has 3 rings (SSSR count). The first-order valence-electron chi connectivity index (χ1n) is 6.00. The number of carbonyl (C=O) groups excluding carboxylic acids is 1. The van der Waals surface area contributed by atoms with Crippen molar-refractivity contribution in [2.24, 2.45) is 5.92 Å². The third-order valence-corrected chi connectivity index (χ3v) is 3.59. The Balaban J connectivity index is 1.74. The summed E-state index contributed by atoms with van der Waals surface area (Å²) >= 11 is 0. The number of benzene rings is 1. The second kappa shape index (κ2) is 4.13. The number of amides is 1. The highest BCUT2D eigenvalue weighted by Crippen LogP contribution is 2.21. The lowest BCUT2D eigenvalue weighted by molar-refractivity contribution is 0.0362. The maximum atomic E-state index is 12.1. The molecule has 0 aliphatic carbocycles. The van der Waals surface area contributed by atoms with Crippen LogP contribution in [0.15, 0.2) is 18.2 Å². The largest absolute Gasteiger partial charge is 0.396 e. The lowest BCUT2D eigenvalue weighted by atomic mass is 9.99. The van der Waals surface area contributed by atoms with Crippen molar-refractivity contribution < 1.29 is 9.90 Å². The van der Waals surface area contributed by atoms with Crippen LogP contribution >= 0.6 is 0 Å². The third-order valence-electron chi connectivity index (χ3n) is 3.59. The molecule has 2 N–H and O–H groups in total. The van der Waals surface area contributed by atoms with Gasteiger partial charge in [-0.1, -0.05) is 6.07 Å². The molecule has 2 aliphatic rings. The van der Waals surface area contributed by atoms with Crippen molar-refractivity contribution in [2.45, 2.75) is 13.1 Å². The van der Waals surface area contributed by atoms with E-state index in [2.05, 4.69) is 5.32 Å². The molecular weight excluding hydrogens is 216 g/mol. The summed E-state index contributed by atoms with van der Waals surface area (Å²) in [7, 11) is 0. The first-order chi connectivity index (χ1) is 8.28. The molecule has 1 aromatic rings. The number of nitrogens with one attached hydrogen (secondary N) is 1. The van der Waals surface area contributed by atoms with Crippen molar-refractivity contribution in [1.29, 1.82) is 0 Å². The minimum Gasteiger partial charge on any atom is -0.396 e. The van der Waals surface area contributed by atoms with Crippen molar-refractivity contribution in [3.8, 4) is 0 Å². The fraction of sp³-hybridized carbons (Fsp3) is 0.462. The molecule has 0 saturated carbocycles. The van der Waals surface area contributed by atoms with E-state index < -0.39 is 0 Å². The van der Waals surface area contributed by atoms with E-state index in [0.717, 1.165) is 18.7 Å². The van der Waals surface area contributed by atoms with Crippen molar-refractivity contribution in [3.05, 3.63) is 34.9 Å². The van der Waals surface area contributed by atoms with E-state index in [-0.39, 0.29) is 18.4 Å². The van der Waals surface area contributed by atoms with Crippen LogP contribution in [0.3, 0.4) is 0 Å². The smallest absolute Gasteiger partial charge is 0.253 e. The predicted molar refractivity (Wildman–Crippen MR) is 63.5 cm³/mol. The number of fused-ring (bicyclic) bond motifs is 1. The van der Waals surface area contributed by atoms with Gasteiger partial charge in [-0.25, -0.2) is 0 Å².